The Morgan fingerprint density at radius 2 is 1.70 bits per heavy atom. The SMILES string of the molecule is CC(=O)Nc1ccc(C(C)(CN)CNC(=O)OC(C)(C)C)cc1. The van der Waals surface area contributed by atoms with Gasteiger partial charge in [-0.05, 0) is 38.5 Å². The Bertz CT molecular complexity index is 549. The minimum atomic E-state index is -0.538. The third kappa shape index (κ3) is 6.28. The lowest BCUT2D eigenvalue weighted by atomic mass is 9.82. The van der Waals surface area contributed by atoms with E-state index in [0.717, 1.165) is 11.3 Å². The van der Waals surface area contributed by atoms with Crippen LogP contribution in [-0.2, 0) is 14.9 Å². The van der Waals surface area contributed by atoms with Crippen molar-refractivity contribution in [3.05, 3.63) is 29.8 Å². The molecule has 128 valence electrons. The first kappa shape index (κ1) is 19.0. The summed E-state index contributed by atoms with van der Waals surface area (Å²) >= 11 is 0. The van der Waals surface area contributed by atoms with Crippen molar-refractivity contribution in [2.75, 3.05) is 18.4 Å². The van der Waals surface area contributed by atoms with Crippen molar-refractivity contribution in [2.45, 2.75) is 45.6 Å². The van der Waals surface area contributed by atoms with Gasteiger partial charge < -0.3 is 21.1 Å². The lowest BCUT2D eigenvalue weighted by Crippen LogP contribution is -2.45. The number of ether oxygens (including phenoxy) is 1. The van der Waals surface area contributed by atoms with E-state index < -0.39 is 17.1 Å². The largest absolute Gasteiger partial charge is 0.444 e. The molecule has 0 bridgehead atoms. The van der Waals surface area contributed by atoms with Crippen LogP contribution in [0.25, 0.3) is 0 Å². The molecule has 0 aliphatic carbocycles. The first-order chi connectivity index (χ1) is 10.6. The van der Waals surface area contributed by atoms with E-state index in [9.17, 15) is 9.59 Å². The lowest BCUT2D eigenvalue weighted by Gasteiger charge is -2.30. The number of rotatable bonds is 5. The molecule has 1 unspecified atom stereocenters. The number of nitrogens with two attached hydrogens (primary N) is 1. The normalized spacial score (nSPS) is 13.8. The molecule has 1 aromatic rings. The van der Waals surface area contributed by atoms with Crippen LogP contribution in [0.4, 0.5) is 10.5 Å². The molecule has 0 radical (unpaired) electrons. The number of amides is 2. The minimum Gasteiger partial charge on any atom is -0.444 e. The van der Waals surface area contributed by atoms with Gasteiger partial charge >= 0.3 is 6.09 Å². The maximum Gasteiger partial charge on any atom is 0.407 e. The van der Waals surface area contributed by atoms with Crippen molar-refractivity contribution in [1.82, 2.24) is 5.32 Å². The summed E-state index contributed by atoms with van der Waals surface area (Å²) in [6.07, 6.45) is -0.466. The van der Waals surface area contributed by atoms with Gasteiger partial charge in [0.2, 0.25) is 5.91 Å². The molecule has 1 rings (SSSR count). The monoisotopic (exact) mass is 321 g/mol. The van der Waals surface area contributed by atoms with Crippen molar-refractivity contribution in [2.24, 2.45) is 5.73 Å². The van der Waals surface area contributed by atoms with Gasteiger partial charge in [0.25, 0.3) is 0 Å². The average molecular weight is 321 g/mol. The summed E-state index contributed by atoms with van der Waals surface area (Å²) in [4.78, 5) is 22.9. The zero-order chi connectivity index (χ0) is 17.7. The third-order valence-corrected chi connectivity index (χ3v) is 3.37. The summed E-state index contributed by atoms with van der Waals surface area (Å²) in [7, 11) is 0. The number of benzene rings is 1. The number of hydrogen-bond donors (Lipinski definition) is 3. The molecule has 0 aromatic heterocycles. The second-order valence-corrected chi connectivity index (χ2v) is 6.88. The van der Waals surface area contributed by atoms with E-state index >= 15 is 0 Å². The highest BCUT2D eigenvalue weighted by Crippen LogP contribution is 2.24. The van der Waals surface area contributed by atoms with E-state index in [1.165, 1.54) is 6.92 Å². The first-order valence-corrected chi connectivity index (χ1v) is 7.61. The molecule has 0 fully saturated rings. The molecule has 23 heavy (non-hydrogen) atoms. The van der Waals surface area contributed by atoms with Crippen molar-refractivity contribution in [1.29, 1.82) is 0 Å². The van der Waals surface area contributed by atoms with E-state index in [0.29, 0.717) is 13.1 Å². The summed E-state index contributed by atoms with van der Waals surface area (Å²) in [5, 5.41) is 5.48. The van der Waals surface area contributed by atoms with Crippen LogP contribution < -0.4 is 16.4 Å². The van der Waals surface area contributed by atoms with Gasteiger partial charge in [-0.2, -0.15) is 0 Å². The standard InChI is InChI=1S/C17H27N3O3/c1-12(21)20-14-8-6-13(7-9-14)17(5,10-18)11-19-15(22)23-16(2,3)4/h6-9H,10-11,18H2,1-5H3,(H,19,22)(H,20,21). The van der Waals surface area contributed by atoms with E-state index in [2.05, 4.69) is 10.6 Å². The quantitative estimate of drug-likeness (QED) is 0.776. The zero-order valence-corrected chi connectivity index (χ0v) is 14.5. The Morgan fingerprint density at radius 1 is 1.13 bits per heavy atom. The van der Waals surface area contributed by atoms with Crippen molar-refractivity contribution in [3.63, 3.8) is 0 Å². The maximum absolute atomic E-state index is 11.8. The van der Waals surface area contributed by atoms with E-state index in [4.69, 9.17) is 10.5 Å². The van der Waals surface area contributed by atoms with Crippen LogP contribution in [0.3, 0.4) is 0 Å². The molecule has 0 spiro atoms. The van der Waals surface area contributed by atoms with Gasteiger partial charge in [-0.3, -0.25) is 4.79 Å². The van der Waals surface area contributed by atoms with Gasteiger partial charge in [0.1, 0.15) is 5.60 Å². The van der Waals surface area contributed by atoms with Crippen LogP contribution in [0.5, 0.6) is 0 Å². The van der Waals surface area contributed by atoms with Crippen molar-refractivity contribution < 1.29 is 14.3 Å². The van der Waals surface area contributed by atoms with Gasteiger partial charge in [-0.15, -0.1) is 0 Å². The van der Waals surface area contributed by atoms with Gasteiger partial charge in [0.05, 0.1) is 0 Å². The molecule has 0 saturated heterocycles. The molecular formula is C17H27N3O3. The van der Waals surface area contributed by atoms with Crippen LogP contribution in [-0.4, -0.2) is 30.7 Å². The molecule has 1 aromatic carbocycles. The number of hydrogen-bond acceptors (Lipinski definition) is 4. The van der Waals surface area contributed by atoms with Crippen molar-refractivity contribution >= 4 is 17.7 Å². The van der Waals surface area contributed by atoms with Crippen LogP contribution in [0.2, 0.25) is 0 Å². The smallest absolute Gasteiger partial charge is 0.407 e. The minimum absolute atomic E-state index is 0.120. The number of alkyl carbamates (subject to hydrolysis) is 1. The third-order valence-electron chi connectivity index (χ3n) is 3.37. The summed E-state index contributed by atoms with van der Waals surface area (Å²) in [6.45, 7) is 9.60. The molecule has 6 nitrogen and oxygen atoms in total. The van der Waals surface area contributed by atoms with Crippen LogP contribution in [0.1, 0.15) is 40.2 Å². The second kappa shape index (κ2) is 7.46. The molecule has 4 N–H and O–H groups in total. The van der Waals surface area contributed by atoms with Gasteiger partial charge in [-0.1, -0.05) is 19.1 Å². The summed E-state index contributed by atoms with van der Waals surface area (Å²) in [6, 6.07) is 7.43. The highest BCUT2D eigenvalue weighted by molar-refractivity contribution is 5.88. The Kier molecular flexibility index (Phi) is 6.15. The molecule has 0 aliphatic rings. The Morgan fingerprint density at radius 3 is 2.13 bits per heavy atom. The number of carbonyl (C=O) groups is 2. The molecule has 0 aliphatic heterocycles. The summed E-state index contributed by atoms with van der Waals surface area (Å²) in [5.41, 5.74) is 6.65. The lowest BCUT2D eigenvalue weighted by molar-refractivity contribution is -0.114. The maximum atomic E-state index is 11.8. The fourth-order valence-corrected chi connectivity index (χ4v) is 2.03. The van der Waals surface area contributed by atoms with Crippen molar-refractivity contribution in [3.8, 4) is 0 Å². The average Bonchev–Trinajstić information content (AvgIpc) is 2.43. The van der Waals surface area contributed by atoms with Crippen LogP contribution >= 0.6 is 0 Å². The Hall–Kier alpha value is -2.08. The first-order valence-electron chi connectivity index (χ1n) is 7.61. The Labute approximate surface area is 137 Å². The number of carbonyl (C=O) groups excluding carboxylic acids is 2. The Balaban J connectivity index is 2.76. The van der Waals surface area contributed by atoms with E-state index in [-0.39, 0.29) is 5.91 Å². The molecule has 2 amide bonds. The molecule has 0 heterocycles. The predicted molar refractivity (Wildman–Crippen MR) is 91.4 cm³/mol. The van der Waals surface area contributed by atoms with E-state index in [1.54, 1.807) is 0 Å². The fourth-order valence-electron chi connectivity index (χ4n) is 2.03. The zero-order valence-electron chi connectivity index (χ0n) is 14.5. The van der Waals surface area contributed by atoms with Gasteiger partial charge in [0, 0.05) is 31.1 Å². The summed E-state index contributed by atoms with van der Waals surface area (Å²) < 4.78 is 5.24. The van der Waals surface area contributed by atoms with Gasteiger partial charge in [-0.25, -0.2) is 4.79 Å². The molecule has 1 atom stereocenters. The number of anilines is 1. The summed E-state index contributed by atoms with van der Waals surface area (Å²) in [5.74, 6) is -0.120. The van der Waals surface area contributed by atoms with Crippen LogP contribution in [0, 0.1) is 0 Å². The fraction of sp³-hybridized carbons (Fsp3) is 0.529. The molecular weight excluding hydrogens is 294 g/mol. The highest BCUT2D eigenvalue weighted by Gasteiger charge is 2.27. The molecule has 0 saturated carbocycles. The van der Waals surface area contributed by atoms with Crippen LogP contribution in [0.15, 0.2) is 24.3 Å². The van der Waals surface area contributed by atoms with E-state index in [1.807, 2.05) is 52.0 Å². The number of nitrogens with one attached hydrogen (secondary N) is 2. The van der Waals surface area contributed by atoms with Gasteiger partial charge in [0.15, 0.2) is 0 Å². The second-order valence-electron chi connectivity index (χ2n) is 6.88. The molecule has 6 heteroatoms. The predicted octanol–water partition coefficient (Wildman–Crippen LogP) is 2.39. The topological polar surface area (TPSA) is 93.5 Å². The highest BCUT2D eigenvalue weighted by atomic mass is 16.6.